The highest BCUT2D eigenvalue weighted by molar-refractivity contribution is 7.80. The number of thiocarbonyl (C=S) groups is 1. The van der Waals surface area contributed by atoms with E-state index in [1.807, 2.05) is 55.5 Å². The van der Waals surface area contributed by atoms with Crippen LogP contribution in [-0.4, -0.2) is 20.9 Å². The van der Waals surface area contributed by atoms with Crippen LogP contribution in [-0.2, 0) is 0 Å². The van der Waals surface area contributed by atoms with Gasteiger partial charge in [0.2, 0.25) is 0 Å². The molecule has 1 unspecified atom stereocenters. The summed E-state index contributed by atoms with van der Waals surface area (Å²) in [5.74, 6) is 1.04. The summed E-state index contributed by atoms with van der Waals surface area (Å²) >= 11 is 5.66. The summed E-state index contributed by atoms with van der Waals surface area (Å²) in [6.07, 6.45) is 2.32. The van der Waals surface area contributed by atoms with Crippen LogP contribution in [0.25, 0.3) is 0 Å². The van der Waals surface area contributed by atoms with Crippen molar-refractivity contribution in [3.05, 3.63) is 83.8 Å². The SMILES string of the molecule is Cc1ccccc1NC(=S)N1N=C(c2ccc(O)cc2)CC1c1ccco1. The number of aryl methyl sites for hydroxylation is 1. The molecule has 0 saturated heterocycles. The summed E-state index contributed by atoms with van der Waals surface area (Å²) in [4.78, 5) is 0. The molecule has 0 radical (unpaired) electrons. The van der Waals surface area contributed by atoms with Crippen molar-refractivity contribution in [3.8, 4) is 5.75 Å². The quantitative estimate of drug-likeness (QED) is 0.640. The first kappa shape index (κ1) is 17.3. The monoisotopic (exact) mass is 377 g/mol. The van der Waals surface area contributed by atoms with Gasteiger partial charge in [-0.3, -0.25) is 0 Å². The van der Waals surface area contributed by atoms with Gasteiger partial charge in [0, 0.05) is 12.1 Å². The van der Waals surface area contributed by atoms with Crippen molar-refractivity contribution in [1.29, 1.82) is 0 Å². The Morgan fingerprint density at radius 3 is 2.63 bits per heavy atom. The van der Waals surface area contributed by atoms with Crippen LogP contribution in [0.15, 0.2) is 76.4 Å². The maximum absolute atomic E-state index is 9.54. The van der Waals surface area contributed by atoms with Crippen molar-refractivity contribution < 1.29 is 9.52 Å². The molecule has 0 spiro atoms. The number of hydrazone groups is 1. The minimum Gasteiger partial charge on any atom is -0.508 e. The smallest absolute Gasteiger partial charge is 0.194 e. The van der Waals surface area contributed by atoms with Crippen LogP contribution >= 0.6 is 12.2 Å². The minimum atomic E-state index is -0.118. The molecule has 0 bridgehead atoms. The predicted octanol–water partition coefficient (Wildman–Crippen LogP) is 4.84. The molecule has 1 atom stereocenters. The second kappa shape index (κ2) is 7.25. The molecular formula is C21H19N3O2S. The fraction of sp³-hybridized carbons (Fsp3) is 0.143. The number of aromatic hydroxyl groups is 1. The molecule has 5 nitrogen and oxygen atoms in total. The maximum Gasteiger partial charge on any atom is 0.194 e. The van der Waals surface area contributed by atoms with Crippen LogP contribution in [0.1, 0.15) is 29.3 Å². The largest absolute Gasteiger partial charge is 0.508 e. The molecule has 0 fully saturated rings. The average Bonchev–Trinajstić information content (AvgIpc) is 3.33. The molecule has 3 aromatic rings. The van der Waals surface area contributed by atoms with E-state index in [1.165, 1.54) is 0 Å². The Bertz CT molecular complexity index is 981. The third kappa shape index (κ3) is 3.57. The van der Waals surface area contributed by atoms with Crippen LogP contribution in [0.5, 0.6) is 5.75 Å². The van der Waals surface area contributed by atoms with Crippen LogP contribution in [0, 0.1) is 6.92 Å². The summed E-state index contributed by atoms with van der Waals surface area (Å²) < 4.78 is 5.63. The molecule has 2 heterocycles. The van der Waals surface area contributed by atoms with Gasteiger partial charge in [0.05, 0.1) is 12.0 Å². The van der Waals surface area contributed by atoms with Crippen molar-refractivity contribution in [3.63, 3.8) is 0 Å². The first-order valence-electron chi connectivity index (χ1n) is 8.68. The number of hydrogen-bond donors (Lipinski definition) is 2. The molecule has 6 heteroatoms. The molecule has 4 rings (SSSR count). The van der Waals surface area contributed by atoms with E-state index in [2.05, 4.69) is 5.32 Å². The highest BCUT2D eigenvalue weighted by Gasteiger charge is 2.33. The Balaban J connectivity index is 1.64. The van der Waals surface area contributed by atoms with E-state index in [4.69, 9.17) is 21.7 Å². The number of benzene rings is 2. The summed E-state index contributed by atoms with van der Waals surface area (Å²) in [6.45, 7) is 2.03. The van der Waals surface area contributed by atoms with Crippen LogP contribution in [0.2, 0.25) is 0 Å². The van der Waals surface area contributed by atoms with Gasteiger partial charge in [-0.1, -0.05) is 18.2 Å². The van der Waals surface area contributed by atoms with E-state index in [-0.39, 0.29) is 11.8 Å². The predicted molar refractivity (Wildman–Crippen MR) is 110 cm³/mol. The fourth-order valence-electron chi connectivity index (χ4n) is 3.11. The number of phenolic OH excluding ortho intramolecular Hbond substituents is 1. The summed E-state index contributed by atoms with van der Waals surface area (Å²) in [6, 6.07) is 18.7. The van der Waals surface area contributed by atoms with E-state index in [9.17, 15) is 5.11 Å². The molecule has 1 aromatic heterocycles. The standard InChI is InChI=1S/C21H19N3O2S/c1-14-5-2-3-6-17(14)22-21(27)24-19(20-7-4-12-26-20)13-18(23-24)15-8-10-16(25)11-9-15/h2-12,19,25H,13H2,1H3,(H,22,27). The summed E-state index contributed by atoms with van der Waals surface area (Å²) in [5, 5.41) is 19.9. The van der Waals surface area contributed by atoms with Gasteiger partial charge in [-0.15, -0.1) is 0 Å². The molecule has 27 heavy (non-hydrogen) atoms. The normalized spacial score (nSPS) is 16.3. The molecule has 2 aromatic carbocycles. The Morgan fingerprint density at radius 1 is 1.15 bits per heavy atom. The van der Waals surface area contributed by atoms with Gasteiger partial charge in [0.25, 0.3) is 0 Å². The lowest BCUT2D eigenvalue weighted by Crippen LogP contribution is -2.31. The van der Waals surface area contributed by atoms with E-state index in [1.54, 1.807) is 23.4 Å². The van der Waals surface area contributed by atoms with Crippen molar-refractivity contribution in [1.82, 2.24) is 5.01 Å². The molecule has 0 aliphatic carbocycles. The first-order chi connectivity index (χ1) is 13.1. The number of rotatable bonds is 3. The molecule has 0 amide bonds. The number of phenols is 1. The van der Waals surface area contributed by atoms with Gasteiger partial charge in [-0.2, -0.15) is 5.10 Å². The number of furan rings is 1. The maximum atomic E-state index is 9.54. The lowest BCUT2D eigenvalue weighted by molar-refractivity contribution is 0.317. The van der Waals surface area contributed by atoms with Crippen molar-refractivity contribution in [2.24, 2.45) is 5.10 Å². The molecule has 1 aliphatic rings. The topological polar surface area (TPSA) is 61.0 Å². The molecular weight excluding hydrogens is 358 g/mol. The zero-order chi connectivity index (χ0) is 18.8. The van der Waals surface area contributed by atoms with E-state index < -0.39 is 0 Å². The first-order valence-corrected chi connectivity index (χ1v) is 9.09. The highest BCUT2D eigenvalue weighted by Crippen LogP contribution is 2.34. The Morgan fingerprint density at radius 2 is 1.93 bits per heavy atom. The summed E-state index contributed by atoms with van der Waals surface area (Å²) in [7, 11) is 0. The van der Waals surface area contributed by atoms with Crippen LogP contribution in [0.4, 0.5) is 5.69 Å². The lowest BCUT2D eigenvalue weighted by atomic mass is 10.0. The van der Waals surface area contributed by atoms with E-state index >= 15 is 0 Å². The van der Waals surface area contributed by atoms with E-state index in [0.29, 0.717) is 11.5 Å². The third-order valence-corrected chi connectivity index (χ3v) is 4.87. The van der Waals surface area contributed by atoms with E-state index in [0.717, 1.165) is 28.3 Å². The van der Waals surface area contributed by atoms with Gasteiger partial charge in [-0.05, 0) is 72.7 Å². The highest BCUT2D eigenvalue weighted by atomic mass is 32.1. The second-order valence-electron chi connectivity index (χ2n) is 6.42. The third-order valence-electron chi connectivity index (χ3n) is 4.58. The van der Waals surface area contributed by atoms with Crippen LogP contribution < -0.4 is 5.32 Å². The van der Waals surface area contributed by atoms with Crippen LogP contribution in [0.3, 0.4) is 0 Å². The van der Waals surface area contributed by atoms with Crippen molar-refractivity contribution in [2.45, 2.75) is 19.4 Å². The van der Waals surface area contributed by atoms with Gasteiger partial charge in [0.1, 0.15) is 17.6 Å². The zero-order valence-corrected chi connectivity index (χ0v) is 15.6. The number of para-hydroxylation sites is 1. The molecule has 1 aliphatic heterocycles. The van der Waals surface area contributed by atoms with Gasteiger partial charge < -0.3 is 14.8 Å². The van der Waals surface area contributed by atoms with Gasteiger partial charge in [-0.25, -0.2) is 5.01 Å². The number of nitrogens with zero attached hydrogens (tertiary/aromatic N) is 2. The summed E-state index contributed by atoms with van der Waals surface area (Å²) in [5.41, 5.74) is 3.90. The number of nitrogens with one attached hydrogen (secondary N) is 1. The Labute approximate surface area is 162 Å². The minimum absolute atomic E-state index is 0.118. The number of anilines is 1. The number of hydrogen-bond acceptors (Lipinski definition) is 4. The second-order valence-corrected chi connectivity index (χ2v) is 6.81. The van der Waals surface area contributed by atoms with Gasteiger partial charge in [0.15, 0.2) is 5.11 Å². The average molecular weight is 377 g/mol. The molecule has 136 valence electrons. The Kier molecular flexibility index (Phi) is 4.64. The van der Waals surface area contributed by atoms with Crippen molar-refractivity contribution >= 4 is 28.7 Å². The van der Waals surface area contributed by atoms with Crippen molar-refractivity contribution in [2.75, 3.05) is 5.32 Å². The zero-order valence-electron chi connectivity index (χ0n) is 14.8. The fourth-order valence-corrected chi connectivity index (χ4v) is 3.39. The Hall–Kier alpha value is -3.12. The lowest BCUT2D eigenvalue weighted by Gasteiger charge is -2.23. The molecule has 0 saturated carbocycles. The van der Waals surface area contributed by atoms with Gasteiger partial charge >= 0.3 is 0 Å². The molecule has 2 N–H and O–H groups in total.